The van der Waals surface area contributed by atoms with E-state index in [0.29, 0.717) is 0 Å². The van der Waals surface area contributed by atoms with E-state index in [9.17, 15) is 0 Å². The molecular weight excluding hydrogens is 869 g/mol. The summed E-state index contributed by atoms with van der Waals surface area (Å²) in [6.45, 7) is 2.26. The van der Waals surface area contributed by atoms with Crippen molar-refractivity contribution in [3.05, 3.63) is 291 Å². The maximum absolute atomic E-state index is 2.46. The summed E-state index contributed by atoms with van der Waals surface area (Å²) < 4.78 is 0. The molecule has 0 aliphatic carbocycles. The molecule has 72 heavy (non-hydrogen) atoms. The molecule has 0 bridgehead atoms. The molecule has 0 radical (unpaired) electrons. The van der Waals surface area contributed by atoms with E-state index in [0.717, 1.165) is 75.6 Å². The molecule has 0 saturated carbocycles. The van der Waals surface area contributed by atoms with Gasteiger partial charge in [0.25, 0.3) is 0 Å². The Hall–Kier alpha value is -8.98. The second-order valence-corrected chi connectivity index (χ2v) is 18.4. The Morgan fingerprint density at radius 1 is 0.250 bits per heavy atom. The molecule has 11 rings (SSSR count). The van der Waals surface area contributed by atoms with E-state index >= 15 is 0 Å². The summed E-state index contributed by atoms with van der Waals surface area (Å²) in [6.07, 6.45) is 3.39. The molecular formula is C70H56N2. The molecule has 0 saturated heterocycles. The van der Waals surface area contributed by atoms with Gasteiger partial charge < -0.3 is 9.80 Å². The predicted molar refractivity (Wildman–Crippen MR) is 307 cm³/mol. The van der Waals surface area contributed by atoms with Crippen LogP contribution in [0.25, 0.3) is 66.8 Å². The van der Waals surface area contributed by atoms with Crippen molar-refractivity contribution in [2.45, 2.75) is 26.2 Å². The van der Waals surface area contributed by atoms with Crippen LogP contribution in [-0.4, -0.2) is 0 Å². The van der Waals surface area contributed by atoms with E-state index in [1.54, 1.807) is 0 Å². The van der Waals surface area contributed by atoms with Crippen LogP contribution in [0.5, 0.6) is 0 Å². The number of nitrogens with zero attached hydrogens (tertiary/aromatic N) is 2. The van der Waals surface area contributed by atoms with Crippen LogP contribution in [0.1, 0.15) is 25.3 Å². The van der Waals surface area contributed by atoms with Crippen LogP contribution in [0.2, 0.25) is 0 Å². The summed E-state index contributed by atoms with van der Waals surface area (Å²) in [5.74, 6) is 0. The van der Waals surface area contributed by atoms with E-state index in [1.165, 1.54) is 50.1 Å². The zero-order chi connectivity index (χ0) is 48.5. The fourth-order valence-electron chi connectivity index (χ4n) is 9.85. The highest BCUT2D eigenvalue weighted by atomic mass is 15.2. The lowest BCUT2D eigenvalue weighted by atomic mass is 9.92. The third kappa shape index (κ3) is 9.90. The average Bonchev–Trinajstić information content (AvgIpc) is 3.47. The van der Waals surface area contributed by atoms with Gasteiger partial charge in [-0.3, -0.25) is 0 Å². The average molecular weight is 925 g/mol. The molecule has 346 valence electrons. The number of hydrogen-bond acceptors (Lipinski definition) is 2. The van der Waals surface area contributed by atoms with Gasteiger partial charge in [-0.15, -0.1) is 0 Å². The molecule has 2 heteroatoms. The quantitative estimate of drug-likeness (QED) is 0.101. The maximum Gasteiger partial charge on any atom is 0.0561 e. The second-order valence-electron chi connectivity index (χ2n) is 18.4. The molecule has 11 aromatic carbocycles. The fraction of sp³-hybridized carbons (Fsp3) is 0.0571. The van der Waals surface area contributed by atoms with Crippen LogP contribution in [0.4, 0.5) is 34.1 Å². The molecule has 0 aromatic heterocycles. The van der Waals surface area contributed by atoms with Crippen molar-refractivity contribution in [2.24, 2.45) is 0 Å². The van der Waals surface area contributed by atoms with Gasteiger partial charge in [0.2, 0.25) is 0 Å². The number of benzene rings is 11. The lowest BCUT2D eigenvalue weighted by Gasteiger charge is -2.33. The van der Waals surface area contributed by atoms with Gasteiger partial charge in [0.1, 0.15) is 0 Å². The van der Waals surface area contributed by atoms with Crippen LogP contribution in [-0.2, 0) is 6.42 Å². The minimum atomic E-state index is 1.06. The number of aryl methyl sites for hydroxylation is 1. The first-order valence-electron chi connectivity index (χ1n) is 25.2. The highest BCUT2D eigenvalue weighted by molar-refractivity contribution is 5.99. The highest BCUT2D eigenvalue weighted by Gasteiger charge is 2.25. The van der Waals surface area contributed by atoms with Gasteiger partial charge >= 0.3 is 0 Å². The van der Waals surface area contributed by atoms with Gasteiger partial charge in [-0.25, -0.2) is 0 Å². The van der Waals surface area contributed by atoms with Crippen LogP contribution in [0, 0.1) is 0 Å². The van der Waals surface area contributed by atoms with Crippen LogP contribution in [0.15, 0.2) is 285 Å². The normalized spacial score (nSPS) is 11.0. The summed E-state index contributed by atoms with van der Waals surface area (Å²) >= 11 is 0. The van der Waals surface area contributed by atoms with Crippen LogP contribution < -0.4 is 9.80 Å². The first-order chi connectivity index (χ1) is 35.7. The number of unbranched alkanes of at least 4 members (excludes halogenated alkanes) is 1. The van der Waals surface area contributed by atoms with Crippen molar-refractivity contribution >= 4 is 34.1 Å². The van der Waals surface area contributed by atoms with Gasteiger partial charge in [0.05, 0.1) is 11.4 Å². The van der Waals surface area contributed by atoms with E-state index in [-0.39, 0.29) is 0 Å². The van der Waals surface area contributed by atoms with Crippen LogP contribution >= 0.6 is 0 Å². The number of rotatable bonds is 15. The van der Waals surface area contributed by atoms with Crippen molar-refractivity contribution in [2.75, 3.05) is 9.80 Å². The summed E-state index contributed by atoms with van der Waals surface area (Å²) in [4.78, 5) is 4.90. The Labute approximate surface area is 425 Å². The van der Waals surface area contributed by atoms with Gasteiger partial charge in [-0.1, -0.05) is 238 Å². The van der Waals surface area contributed by atoms with E-state index in [4.69, 9.17) is 0 Å². The van der Waals surface area contributed by atoms with Gasteiger partial charge in [-0.05, 0) is 135 Å². The minimum absolute atomic E-state index is 1.06. The molecule has 11 aromatic rings. The van der Waals surface area contributed by atoms with E-state index in [2.05, 4.69) is 302 Å². The summed E-state index contributed by atoms with van der Waals surface area (Å²) in [6, 6.07) is 104. The van der Waals surface area contributed by atoms with Gasteiger partial charge in [-0.2, -0.15) is 0 Å². The van der Waals surface area contributed by atoms with Crippen molar-refractivity contribution < 1.29 is 0 Å². The third-order valence-corrected chi connectivity index (χ3v) is 13.7. The van der Waals surface area contributed by atoms with E-state index in [1.807, 2.05) is 0 Å². The van der Waals surface area contributed by atoms with E-state index < -0.39 is 0 Å². The summed E-state index contributed by atoms with van der Waals surface area (Å²) in [7, 11) is 0. The van der Waals surface area contributed by atoms with Crippen molar-refractivity contribution in [3.63, 3.8) is 0 Å². The molecule has 0 atom stereocenters. The Balaban J connectivity index is 1.17. The van der Waals surface area contributed by atoms with Crippen molar-refractivity contribution in [1.82, 2.24) is 0 Å². The molecule has 2 nitrogen and oxygen atoms in total. The SMILES string of the molecule is CCCCc1ccc(-c2cc(-c3ccccc3)c(N(c3ccc(-c4ccccc4)cc3)c3ccc(-c4ccccc4)cc3)cc2N(c2ccc(-c3ccccc3)cc2)c2ccc(-c3ccccc3)cc2)cc1. The smallest absolute Gasteiger partial charge is 0.0561 e. The Morgan fingerprint density at radius 2 is 0.500 bits per heavy atom. The van der Waals surface area contributed by atoms with Crippen molar-refractivity contribution in [1.29, 1.82) is 0 Å². The standard InChI is InChI=1S/C70H56N2/c1-2-3-19-52-30-32-62(33-31-52)68-50-67(61-28-17-8-18-29-61)69(71(63-42-34-57(35-43-63)53-20-9-4-10-21-53)64-44-36-58(37-45-64)54-22-11-5-12-23-54)51-70(68)72(65-46-38-59(39-47-65)55-24-13-6-14-25-55)66-48-40-60(41-49-66)56-26-15-7-16-27-56/h4-18,20-51H,2-3,19H2,1H3. The van der Waals surface area contributed by atoms with Crippen LogP contribution in [0.3, 0.4) is 0 Å². The first-order valence-corrected chi connectivity index (χ1v) is 25.2. The minimum Gasteiger partial charge on any atom is -0.310 e. The molecule has 0 amide bonds. The molecule has 0 N–H and O–H groups in total. The first kappa shape index (κ1) is 45.5. The molecule has 0 unspecified atom stereocenters. The molecule has 0 aliphatic heterocycles. The zero-order valence-electron chi connectivity index (χ0n) is 40.7. The largest absolute Gasteiger partial charge is 0.310 e. The molecule has 0 aliphatic rings. The van der Waals surface area contributed by atoms with Gasteiger partial charge in [0, 0.05) is 33.9 Å². The third-order valence-electron chi connectivity index (χ3n) is 13.7. The Morgan fingerprint density at radius 3 is 0.792 bits per heavy atom. The lowest BCUT2D eigenvalue weighted by molar-refractivity contribution is 0.795. The number of hydrogen-bond donors (Lipinski definition) is 0. The van der Waals surface area contributed by atoms with Crippen molar-refractivity contribution in [3.8, 4) is 66.8 Å². The monoisotopic (exact) mass is 924 g/mol. The molecule has 0 heterocycles. The fourth-order valence-corrected chi connectivity index (χ4v) is 9.85. The highest BCUT2D eigenvalue weighted by Crippen LogP contribution is 2.50. The maximum atomic E-state index is 2.46. The Bertz CT molecular complexity index is 3300. The van der Waals surface area contributed by atoms with Gasteiger partial charge in [0.15, 0.2) is 0 Å². The topological polar surface area (TPSA) is 6.48 Å². The predicted octanol–water partition coefficient (Wildman–Crippen LogP) is 20.0. The summed E-state index contributed by atoms with van der Waals surface area (Å²) in [5.41, 5.74) is 21.7. The number of anilines is 6. The Kier molecular flexibility index (Phi) is 13.5. The molecule has 0 fully saturated rings. The second kappa shape index (κ2) is 21.3. The zero-order valence-corrected chi connectivity index (χ0v) is 40.7. The summed E-state index contributed by atoms with van der Waals surface area (Å²) in [5, 5.41) is 0. The molecule has 0 spiro atoms. The lowest BCUT2D eigenvalue weighted by Crippen LogP contribution is -2.15.